The predicted octanol–water partition coefficient (Wildman–Crippen LogP) is 1.73. The summed E-state index contributed by atoms with van der Waals surface area (Å²) in [5.41, 5.74) is 0.887. The number of carbonyl (C=O) groups is 5. The molecule has 0 spiro atoms. The molecule has 35 heavy (non-hydrogen) atoms. The molecule has 0 aliphatic carbocycles. The fourth-order valence-corrected chi connectivity index (χ4v) is 3.30. The van der Waals surface area contributed by atoms with Crippen molar-refractivity contribution in [3.63, 3.8) is 0 Å². The van der Waals surface area contributed by atoms with E-state index in [1.165, 1.54) is 6.92 Å². The molecule has 1 aromatic carbocycles. The Labute approximate surface area is 204 Å². The zero-order valence-corrected chi connectivity index (χ0v) is 20.5. The van der Waals surface area contributed by atoms with Crippen LogP contribution in [0, 0.1) is 11.8 Å². The molecule has 2 amide bonds. The molecule has 0 radical (unpaired) electrons. The van der Waals surface area contributed by atoms with Gasteiger partial charge in [-0.25, -0.2) is 9.59 Å². The molecule has 0 aliphatic heterocycles. The van der Waals surface area contributed by atoms with Crippen LogP contribution in [0.3, 0.4) is 0 Å². The minimum absolute atomic E-state index is 0.0970. The van der Waals surface area contributed by atoms with Crippen molar-refractivity contribution in [1.29, 1.82) is 0 Å². The van der Waals surface area contributed by atoms with E-state index in [1.54, 1.807) is 0 Å². The maximum atomic E-state index is 12.4. The van der Waals surface area contributed by atoms with Gasteiger partial charge >= 0.3 is 24.0 Å². The number of ether oxygens (including phenoxy) is 4. The number of hydrogen-bond acceptors (Lipinski definition) is 9. The summed E-state index contributed by atoms with van der Waals surface area (Å²) in [5.74, 6) is -5.41. The van der Waals surface area contributed by atoms with E-state index in [0.717, 1.165) is 26.9 Å². The Morgan fingerprint density at radius 1 is 0.829 bits per heavy atom. The molecule has 1 rings (SSSR count). The van der Waals surface area contributed by atoms with Crippen molar-refractivity contribution in [2.75, 3.05) is 27.9 Å². The van der Waals surface area contributed by atoms with E-state index in [1.807, 2.05) is 30.3 Å². The maximum Gasteiger partial charge on any atom is 0.407 e. The third-order valence-electron chi connectivity index (χ3n) is 5.30. The summed E-state index contributed by atoms with van der Waals surface area (Å²) in [7, 11) is 3.35. The fraction of sp³-hybridized carbons (Fsp3) is 0.542. The molecule has 0 bridgehead atoms. The van der Waals surface area contributed by atoms with Crippen LogP contribution in [0.2, 0.25) is 0 Å². The van der Waals surface area contributed by atoms with Crippen LogP contribution in [-0.4, -0.2) is 63.8 Å². The van der Waals surface area contributed by atoms with Crippen molar-refractivity contribution < 1.29 is 42.9 Å². The first-order valence-electron chi connectivity index (χ1n) is 11.2. The predicted molar refractivity (Wildman–Crippen MR) is 124 cm³/mol. The van der Waals surface area contributed by atoms with Crippen LogP contribution in [0.15, 0.2) is 30.3 Å². The summed E-state index contributed by atoms with van der Waals surface area (Å²) in [5, 5.41) is 5.17. The lowest BCUT2D eigenvalue weighted by Gasteiger charge is -2.27. The molecule has 0 saturated heterocycles. The van der Waals surface area contributed by atoms with Crippen molar-refractivity contribution in [2.24, 2.45) is 11.8 Å². The van der Waals surface area contributed by atoms with Gasteiger partial charge in [0.05, 0.1) is 21.3 Å². The smallest absolute Gasteiger partial charge is 0.407 e. The second-order valence-corrected chi connectivity index (χ2v) is 7.75. The highest BCUT2D eigenvalue weighted by atomic mass is 16.6. The Kier molecular flexibility index (Phi) is 13.5. The summed E-state index contributed by atoms with van der Waals surface area (Å²) in [6, 6.07) is 8.05. The van der Waals surface area contributed by atoms with E-state index in [2.05, 4.69) is 20.1 Å². The monoisotopic (exact) mass is 494 g/mol. The minimum atomic E-state index is -1.41. The van der Waals surface area contributed by atoms with E-state index < -0.39 is 47.8 Å². The molecule has 0 aromatic heterocycles. The molecule has 194 valence electrons. The first kappa shape index (κ1) is 29.4. The highest BCUT2D eigenvalue weighted by Crippen LogP contribution is 2.20. The third-order valence-corrected chi connectivity index (χ3v) is 5.30. The number of benzene rings is 1. The van der Waals surface area contributed by atoms with Crippen LogP contribution >= 0.6 is 0 Å². The van der Waals surface area contributed by atoms with Gasteiger partial charge in [0.2, 0.25) is 5.91 Å². The van der Waals surface area contributed by atoms with Crippen molar-refractivity contribution in [1.82, 2.24) is 10.6 Å². The molecule has 0 aliphatic rings. The van der Waals surface area contributed by atoms with E-state index in [9.17, 15) is 24.0 Å². The van der Waals surface area contributed by atoms with Crippen LogP contribution in [0.5, 0.6) is 0 Å². The Bertz CT molecular complexity index is 829. The largest absolute Gasteiger partial charge is 0.468 e. The van der Waals surface area contributed by atoms with Crippen molar-refractivity contribution >= 4 is 29.9 Å². The number of unbranched alkanes of at least 4 members (excludes halogenated alkanes) is 2. The number of alkyl carbamates (subject to hydrolysis) is 1. The number of esters is 3. The molecule has 0 fully saturated rings. The molecule has 0 saturated carbocycles. The van der Waals surface area contributed by atoms with Crippen LogP contribution in [0.1, 0.15) is 38.2 Å². The molecule has 2 atom stereocenters. The van der Waals surface area contributed by atoms with E-state index >= 15 is 0 Å². The molecular formula is C24H34N2O9. The number of hydrogen-bond donors (Lipinski definition) is 2. The summed E-state index contributed by atoms with van der Waals surface area (Å²) in [6.45, 7) is 2.01. The highest BCUT2D eigenvalue weighted by Gasteiger charge is 2.42. The second-order valence-electron chi connectivity index (χ2n) is 7.75. The normalized spacial score (nSPS) is 12.1. The zero-order chi connectivity index (χ0) is 26.2. The first-order valence-corrected chi connectivity index (χ1v) is 11.2. The lowest BCUT2D eigenvalue weighted by molar-refractivity contribution is -0.163. The first-order chi connectivity index (χ1) is 16.7. The summed E-state index contributed by atoms with van der Waals surface area (Å²) in [6.07, 6.45) is 1.33. The van der Waals surface area contributed by atoms with Gasteiger partial charge in [-0.3, -0.25) is 14.4 Å². The lowest BCUT2D eigenvalue weighted by atomic mass is 9.87. The fourth-order valence-electron chi connectivity index (χ4n) is 3.30. The zero-order valence-electron chi connectivity index (χ0n) is 20.5. The number of nitrogens with one attached hydrogen (secondary N) is 2. The van der Waals surface area contributed by atoms with Gasteiger partial charge in [0, 0.05) is 18.9 Å². The van der Waals surface area contributed by atoms with Crippen LogP contribution in [0.4, 0.5) is 4.79 Å². The average molecular weight is 495 g/mol. The molecule has 11 nitrogen and oxygen atoms in total. The Balaban J connectivity index is 2.43. The SMILES string of the molecule is COC(=O)C(C(=O)OC)[C@@H](C)[C@H](NC(=O)CCCCCNC(=O)OCc1ccccc1)C(=O)OC. The minimum Gasteiger partial charge on any atom is -0.468 e. The van der Waals surface area contributed by atoms with Crippen LogP contribution in [-0.2, 0) is 44.7 Å². The molecule has 0 unspecified atom stereocenters. The van der Waals surface area contributed by atoms with Crippen LogP contribution in [0.25, 0.3) is 0 Å². The van der Waals surface area contributed by atoms with Gasteiger partial charge in [-0.05, 0) is 18.4 Å². The van der Waals surface area contributed by atoms with E-state index in [-0.39, 0.29) is 13.0 Å². The van der Waals surface area contributed by atoms with Gasteiger partial charge in [-0.15, -0.1) is 0 Å². The quantitative estimate of drug-likeness (QED) is 0.171. The Morgan fingerprint density at radius 2 is 1.43 bits per heavy atom. The van der Waals surface area contributed by atoms with Gasteiger partial charge in [-0.2, -0.15) is 0 Å². The van der Waals surface area contributed by atoms with Crippen molar-refractivity contribution in [3.05, 3.63) is 35.9 Å². The molecule has 2 N–H and O–H groups in total. The number of amides is 2. The summed E-state index contributed by atoms with van der Waals surface area (Å²) < 4.78 is 19.1. The summed E-state index contributed by atoms with van der Waals surface area (Å²) in [4.78, 5) is 60.5. The Morgan fingerprint density at radius 3 is 2.00 bits per heavy atom. The summed E-state index contributed by atoms with van der Waals surface area (Å²) >= 11 is 0. The maximum absolute atomic E-state index is 12.4. The van der Waals surface area contributed by atoms with E-state index in [4.69, 9.17) is 9.47 Å². The van der Waals surface area contributed by atoms with Crippen molar-refractivity contribution in [3.8, 4) is 0 Å². The number of carbonyl (C=O) groups excluding carboxylic acids is 5. The number of rotatable bonds is 14. The highest BCUT2D eigenvalue weighted by molar-refractivity contribution is 5.96. The van der Waals surface area contributed by atoms with Gasteiger partial charge < -0.3 is 29.6 Å². The second kappa shape index (κ2) is 16.1. The van der Waals surface area contributed by atoms with Gasteiger partial charge in [0.15, 0.2) is 5.92 Å². The number of methoxy groups -OCH3 is 3. The van der Waals surface area contributed by atoms with Gasteiger partial charge in [-0.1, -0.05) is 43.7 Å². The third kappa shape index (κ3) is 10.4. The molecule has 11 heteroatoms. The van der Waals surface area contributed by atoms with Gasteiger partial charge in [0.25, 0.3) is 0 Å². The van der Waals surface area contributed by atoms with E-state index in [0.29, 0.717) is 25.8 Å². The average Bonchev–Trinajstić information content (AvgIpc) is 2.87. The Hall–Kier alpha value is -3.63. The topological polar surface area (TPSA) is 146 Å². The molecular weight excluding hydrogens is 460 g/mol. The molecule has 0 heterocycles. The molecule has 1 aromatic rings. The lowest BCUT2D eigenvalue weighted by Crippen LogP contribution is -2.51. The van der Waals surface area contributed by atoms with Crippen molar-refractivity contribution in [2.45, 2.75) is 45.3 Å². The van der Waals surface area contributed by atoms with Gasteiger partial charge in [0.1, 0.15) is 12.6 Å². The standard InChI is InChI=1S/C24H34N2O9/c1-16(19(21(28)32-2)22(29)33-3)20(23(30)34-4)26-18(27)13-9-6-10-14-25-24(31)35-15-17-11-7-5-8-12-17/h5,7-8,11-12,16,19-20H,6,9-10,13-15H2,1-4H3,(H,25,31)(H,26,27)/t16-,20+/m1/s1. The van der Waals surface area contributed by atoms with Crippen LogP contribution < -0.4 is 10.6 Å².